The van der Waals surface area contributed by atoms with Crippen molar-refractivity contribution in [3.8, 4) is 47.4 Å². The summed E-state index contributed by atoms with van der Waals surface area (Å²) < 4.78 is 9.42. The van der Waals surface area contributed by atoms with E-state index in [-0.39, 0.29) is 35.7 Å². The Kier molecular flexibility index (Phi) is 13.8. The summed E-state index contributed by atoms with van der Waals surface area (Å²) in [6.07, 6.45) is 5.10. The average Bonchev–Trinajstić information content (AvgIpc) is 4.03. The predicted molar refractivity (Wildman–Crippen MR) is 207 cm³/mol. The first-order valence-electron chi connectivity index (χ1n) is 18.5. The Hall–Kier alpha value is -6.64. The van der Waals surface area contributed by atoms with Gasteiger partial charge in [-0.15, -0.1) is 0 Å². The number of carbonyl (C=O) groups is 4. The molecule has 2 aromatic heterocycles. The minimum absolute atomic E-state index is 0.119. The zero-order valence-electron chi connectivity index (χ0n) is 32.4. The standard InChI is InChI=1S/C42H46N8O6/c1-27(2)35(47-41(53)55-5)39(51)49-23-11-17-33(49)37-43-25-31(45-37)15-9-7-13-29-19-21-30(22-20-29)14-8-10-16-32-26-44-38(46-32)34-18-12-24-50(34)40(52)36(28(3)4)48-42(54)56-6/h19-22,25-28,33-36H,11-12,17-18,23-24H2,1-6H3,(H,43,45)(H,44,46)(H,47,53)(H,48,54)/t33-,34-,35-,36-/m1/s1. The van der Waals surface area contributed by atoms with Crippen molar-refractivity contribution >= 4 is 24.0 Å². The molecule has 0 spiro atoms. The topological polar surface area (TPSA) is 175 Å². The van der Waals surface area contributed by atoms with Gasteiger partial charge >= 0.3 is 12.2 Å². The number of amides is 4. The Balaban J connectivity index is 1.15. The molecule has 0 bridgehead atoms. The van der Waals surface area contributed by atoms with E-state index in [2.05, 4.69) is 77.9 Å². The highest BCUT2D eigenvalue weighted by atomic mass is 16.5. The number of ether oxygens (including phenoxy) is 2. The smallest absolute Gasteiger partial charge is 0.407 e. The molecule has 4 N–H and O–H groups in total. The van der Waals surface area contributed by atoms with E-state index in [0.717, 1.165) is 36.8 Å². The molecule has 56 heavy (non-hydrogen) atoms. The summed E-state index contributed by atoms with van der Waals surface area (Å²) in [5, 5.41) is 5.31. The number of aromatic amines is 2. The van der Waals surface area contributed by atoms with E-state index < -0.39 is 24.3 Å². The number of H-pyrrole nitrogens is 2. The number of methoxy groups -OCH3 is 2. The van der Waals surface area contributed by atoms with Gasteiger partial charge in [0.1, 0.15) is 35.1 Å². The number of nitrogens with zero attached hydrogens (tertiary/aromatic N) is 4. The van der Waals surface area contributed by atoms with Gasteiger partial charge in [0.2, 0.25) is 11.8 Å². The summed E-state index contributed by atoms with van der Waals surface area (Å²) in [5.74, 6) is 24.1. The highest BCUT2D eigenvalue weighted by molar-refractivity contribution is 5.87. The molecule has 4 amide bonds. The molecule has 290 valence electrons. The normalized spacial score (nSPS) is 16.9. The van der Waals surface area contributed by atoms with Crippen LogP contribution in [0.2, 0.25) is 0 Å². The maximum atomic E-state index is 13.4. The van der Waals surface area contributed by atoms with Crippen LogP contribution in [0, 0.1) is 59.2 Å². The number of aromatic nitrogens is 4. The number of likely N-dealkylation sites (tertiary alicyclic amines) is 2. The van der Waals surface area contributed by atoms with Crippen molar-refractivity contribution in [1.82, 2.24) is 40.4 Å². The third kappa shape index (κ3) is 10.3. The number of imidazole rings is 2. The summed E-state index contributed by atoms with van der Waals surface area (Å²) in [6, 6.07) is 5.51. The molecular weight excluding hydrogens is 713 g/mol. The van der Waals surface area contributed by atoms with Crippen LogP contribution in [-0.2, 0) is 19.1 Å². The molecule has 4 heterocycles. The van der Waals surface area contributed by atoms with Gasteiger partial charge < -0.3 is 39.9 Å². The van der Waals surface area contributed by atoms with Crippen LogP contribution < -0.4 is 10.6 Å². The number of benzene rings is 1. The lowest BCUT2D eigenvalue weighted by Crippen LogP contribution is -2.51. The lowest BCUT2D eigenvalue weighted by atomic mass is 10.0. The van der Waals surface area contributed by atoms with Gasteiger partial charge in [-0.2, -0.15) is 0 Å². The summed E-state index contributed by atoms with van der Waals surface area (Å²) >= 11 is 0. The van der Waals surface area contributed by atoms with Crippen LogP contribution in [0.25, 0.3) is 0 Å². The largest absolute Gasteiger partial charge is 0.453 e. The van der Waals surface area contributed by atoms with Crippen LogP contribution in [0.5, 0.6) is 0 Å². The summed E-state index contributed by atoms with van der Waals surface area (Å²) in [5.41, 5.74) is 2.71. The molecule has 5 rings (SSSR count). The molecule has 2 aliphatic heterocycles. The van der Waals surface area contributed by atoms with Gasteiger partial charge in [0.05, 0.1) is 38.7 Å². The molecule has 1 aromatic carbocycles. The van der Waals surface area contributed by atoms with Gasteiger partial charge in [0.15, 0.2) is 0 Å². The summed E-state index contributed by atoms with van der Waals surface area (Å²) in [4.78, 5) is 69.3. The minimum atomic E-state index is -0.705. The quantitative estimate of drug-likeness (QED) is 0.249. The highest BCUT2D eigenvalue weighted by Gasteiger charge is 2.38. The van der Waals surface area contributed by atoms with Crippen LogP contribution in [0.4, 0.5) is 9.59 Å². The number of alkyl carbamates (subject to hydrolysis) is 2. The Morgan fingerprint density at radius 2 is 1.04 bits per heavy atom. The fourth-order valence-corrected chi connectivity index (χ4v) is 6.57. The van der Waals surface area contributed by atoms with E-state index in [1.165, 1.54) is 14.2 Å². The molecule has 0 saturated carbocycles. The minimum Gasteiger partial charge on any atom is -0.453 e. The number of hydrogen-bond acceptors (Lipinski definition) is 8. The van der Waals surface area contributed by atoms with Crippen molar-refractivity contribution in [3.05, 3.63) is 70.8 Å². The van der Waals surface area contributed by atoms with Crippen LogP contribution >= 0.6 is 0 Å². The molecule has 14 nitrogen and oxygen atoms in total. The fraction of sp³-hybridized carbons (Fsp3) is 0.429. The van der Waals surface area contributed by atoms with Crippen molar-refractivity contribution in [2.75, 3.05) is 27.3 Å². The second kappa shape index (κ2) is 19.1. The number of hydrogen-bond donors (Lipinski definition) is 4. The van der Waals surface area contributed by atoms with Crippen LogP contribution in [0.15, 0.2) is 36.7 Å². The van der Waals surface area contributed by atoms with Crippen molar-refractivity contribution < 1.29 is 28.7 Å². The molecular formula is C42H46N8O6. The van der Waals surface area contributed by atoms with Gasteiger partial charge in [-0.25, -0.2) is 19.6 Å². The van der Waals surface area contributed by atoms with Crippen LogP contribution in [0.3, 0.4) is 0 Å². The molecule has 0 radical (unpaired) electrons. The highest BCUT2D eigenvalue weighted by Crippen LogP contribution is 2.32. The summed E-state index contributed by atoms with van der Waals surface area (Å²) in [7, 11) is 2.54. The monoisotopic (exact) mass is 758 g/mol. The van der Waals surface area contributed by atoms with E-state index in [9.17, 15) is 19.2 Å². The molecule has 3 aromatic rings. The Morgan fingerprint density at radius 3 is 1.39 bits per heavy atom. The lowest BCUT2D eigenvalue weighted by molar-refractivity contribution is -0.136. The van der Waals surface area contributed by atoms with E-state index in [1.807, 2.05) is 52.0 Å². The van der Waals surface area contributed by atoms with E-state index in [4.69, 9.17) is 9.47 Å². The maximum absolute atomic E-state index is 13.4. The van der Waals surface area contributed by atoms with E-state index >= 15 is 0 Å². The zero-order valence-corrected chi connectivity index (χ0v) is 32.4. The maximum Gasteiger partial charge on any atom is 0.407 e. The van der Waals surface area contributed by atoms with Gasteiger partial charge in [-0.3, -0.25) is 9.59 Å². The molecule has 0 aliphatic carbocycles. The van der Waals surface area contributed by atoms with E-state index in [1.54, 1.807) is 22.2 Å². The second-order valence-corrected chi connectivity index (χ2v) is 14.0. The number of nitrogens with one attached hydrogen (secondary N) is 4. The van der Waals surface area contributed by atoms with Crippen molar-refractivity contribution in [3.63, 3.8) is 0 Å². The lowest BCUT2D eigenvalue weighted by Gasteiger charge is -2.29. The fourth-order valence-electron chi connectivity index (χ4n) is 6.57. The zero-order chi connectivity index (χ0) is 40.2. The van der Waals surface area contributed by atoms with Crippen molar-refractivity contribution in [2.45, 2.75) is 77.5 Å². The molecule has 2 aliphatic rings. The Morgan fingerprint density at radius 1 is 0.661 bits per heavy atom. The third-order valence-electron chi connectivity index (χ3n) is 9.49. The van der Waals surface area contributed by atoms with Gasteiger partial charge in [-0.05, 0) is 97.3 Å². The first-order chi connectivity index (χ1) is 27.0. The van der Waals surface area contributed by atoms with Crippen LogP contribution in [0.1, 0.15) is 99.6 Å². The van der Waals surface area contributed by atoms with Crippen molar-refractivity contribution in [1.29, 1.82) is 0 Å². The molecule has 14 heteroatoms. The molecule has 4 atom stereocenters. The van der Waals surface area contributed by atoms with E-state index in [0.29, 0.717) is 36.1 Å². The number of carbonyl (C=O) groups excluding carboxylic acids is 4. The first kappa shape index (κ1) is 40.5. The van der Waals surface area contributed by atoms with Crippen molar-refractivity contribution in [2.24, 2.45) is 11.8 Å². The molecule has 0 unspecified atom stereocenters. The molecule has 2 fully saturated rings. The predicted octanol–water partition coefficient (Wildman–Crippen LogP) is 4.03. The Labute approximate surface area is 327 Å². The number of rotatable bonds is 8. The van der Waals surface area contributed by atoms with Crippen LogP contribution in [-0.4, -0.2) is 93.1 Å². The Bertz CT molecular complexity index is 2010. The van der Waals surface area contributed by atoms with Gasteiger partial charge in [0, 0.05) is 24.2 Å². The first-order valence-corrected chi connectivity index (χ1v) is 18.5. The molecule has 2 saturated heterocycles. The average molecular weight is 759 g/mol. The second-order valence-electron chi connectivity index (χ2n) is 14.0. The van der Waals surface area contributed by atoms with Gasteiger partial charge in [-0.1, -0.05) is 39.5 Å². The summed E-state index contributed by atoms with van der Waals surface area (Å²) in [6.45, 7) is 8.64. The SMILES string of the molecule is COC(=O)N[C@@H](C(=O)N1CCC[C@@H]1c1ncc(C#CC#Cc2ccc(C#CC#Cc3cnc([C@H]4CCCN4C(=O)[C@H](NC(=O)OC)C(C)C)[nH]3)cc2)[nH]1)C(C)C. The third-order valence-corrected chi connectivity index (χ3v) is 9.49. The van der Waals surface area contributed by atoms with Gasteiger partial charge in [0.25, 0.3) is 0 Å².